The molecule has 2 rings (SSSR count). The third kappa shape index (κ3) is 3.80. The summed E-state index contributed by atoms with van der Waals surface area (Å²) in [4.78, 5) is 11.1. The first-order valence-electron chi connectivity index (χ1n) is 7.23. The van der Waals surface area contributed by atoms with Gasteiger partial charge in [0.15, 0.2) is 0 Å². The Labute approximate surface area is 115 Å². The average molecular weight is 261 g/mol. The molecule has 2 N–H and O–H groups in total. The number of nitrogens with one attached hydrogen (secondary N) is 1. The third-order valence-corrected chi connectivity index (χ3v) is 4.22. The second-order valence-electron chi connectivity index (χ2n) is 5.53. The molecular formula is C16H23NO2. The van der Waals surface area contributed by atoms with Crippen molar-refractivity contribution in [3.8, 4) is 0 Å². The topological polar surface area (TPSA) is 49.3 Å². The summed E-state index contributed by atoms with van der Waals surface area (Å²) in [6.45, 7) is 2.86. The van der Waals surface area contributed by atoms with Gasteiger partial charge in [-0.2, -0.15) is 0 Å². The van der Waals surface area contributed by atoms with Gasteiger partial charge < -0.3 is 10.4 Å². The number of carboxylic acids is 1. The number of carbonyl (C=O) groups is 1. The molecule has 0 heterocycles. The fourth-order valence-electron chi connectivity index (χ4n) is 2.95. The molecule has 1 atom stereocenters. The monoisotopic (exact) mass is 261 g/mol. The zero-order valence-electron chi connectivity index (χ0n) is 11.6. The van der Waals surface area contributed by atoms with E-state index in [0.717, 1.165) is 11.5 Å². The standard InChI is InChI=1S/C16H23NO2/c1-12(13-7-3-2-4-8-13)17-11-14-9-5-6-10-15(14)16(18)19/h5-6,9-10,12-13,17H,2-4,7-8,11H2,1H3,(H,18,19). The van der Waals surface area contributed by atoms with Crippen molar-refractivity contribution in [3.63, 3.8) is 0 Å². The van der Waals surface area contributed by atoms with Crippen LogP contribution in [0.25, 0.3) is 0 Å². The van der Waals surface area contributed by atoms with Gasteiger partial charge in [-0.3, -0.25) is 0 Å². The zero-order chi connectivity index (χ0) is 13.7. The van der Waals surface area contributed by atoms with Gasteiger partial charge in [0.25, 0.3) is 0 Å². The molecule has 1 fully saturated rings. The van der Waals surface area contributed by atoms with E-state index in [1.807, 2.05) is 12.1 Å². The van der Waals surface area contributed by atoms with E-state index in [1.54, 1.807) is 12.1 Å². The zero-order valence-corrected chi connectivity index (χ0v) is 11.6. The van der Waals surface area contributed by atoms with Crippen LogP contribution in [0.1, 0.15) is 54.9 Å². The fourth-order valence-corrected chi connectivity index (χ4v) is 2.95. The molecule has 1 aromatic rings. The van der Waals surface area contributed by atoms with Gasteiger partial charge in [-0.05, 0) is 37.3 Å². The Balaban J connectivity index is 1.92. The Hall–Kier alpha value is -1.35. The minimum atomic E-state index is -0.845. The highest BCUT2D eigenvalue weighted by molar-refractivity contribution is 5.89. The van der Waals surface area contributed by atoms with E-state index < -0.39 is 5.97 Å². The SMILES string of the molecule is CC(NCc1ccccc1C(=O)O)C1CCCCC1. The number of carboxylic acid groups (broad SMARTS) is 1. The summed E-state index contributed by atoms with van der Waals surface area (Å²) in [6.07, 6.45) is 6.64. The van der Waals surface area contributed by atoms with Crippen LogP contribution in [0.2, 0.25) is 0 Å². The molecule has 104 valence electrons. The van der Waals surface area contributed by atoms with E-state index in [0.29, 0.717) is 18.2 Å². The lowest BCUT2D eigenvalue weighted by Gasteiger charge is -2.28. The molecule has 1 saturated carbocycles. The van der Waals surface area contributed by atoms with Crippen LogP contribution in [0.15, 0.2) is 24.3 Å². The first-order chi connectivity index (χ1) is 9.18. The summed E-state index contributed by atoms with van der Waals surface area (Å²) in [6, 6.07) is 7.70. The number of hydrogen-bond acceptors (Lipinski definition) is 2. The number of benzene rings is 1. The van der Waals surface area contributed by atoms with Crippen LogP contribution in [0.4, 0.5) is 0 Å². The van der Waals surface area contributed by atoms with Gasteiger partial charge in [0.1, 0.15) is 0 Å². The molecule has 1 aromatic carbocycles. The van der Waals surface area contributed by atoms with Crippen molar-refractivity contribution in [2.75, 3.05) is 0 Å². The lowest BCUT2D eigenvalue weighted by molar-refractivity contribution is 0.0695. The van der Waals surface area contributed by atoms with Gasteiger partial charge >= 0.3 is 5.97 Å². The second kappa shape index (κ2) is 6.71. The third-order valence-electron chi connectivity index (χ3n) is 4.22. The van der Waals surface area contributed by atoms with Gasteiger partial charge in [0.05, 0.1) is 5.56 Å². The minimum Gasteiger partial charge on any atom is -0.478 e. The van der Waals surface area contributed by atoms with E-state index in [1.165, 1.54) is 32.1 Å². The molecule has 1 aliphatic rings. The minimum absolute atomic E-state index is 0.408. The van der Waals surface area contributed by atoms with Gasteiger partial charge in [0.2, 0.25) is 0 Å². The highest BCUT2D eigenvalue weighted by atomic mass is 16.4. The van der Waals surface area contributed by atoms with E-state index in [-0.39, 0.29) is 0 Å². The van der Waals surface area contributed by atoms with Crippen LogP contribution in [0.3, 0.4) is 0 Å². The molecule has 0 spiro atoms. The highest BCUT2D eigenvalue weighted by Crippen LogP contribution is 2.26. The average Bonchev–Trinajstić information content (AvgIpc) is 2.46. The van der Waals surface area contributed by atoms with E-state index in [4.69, 9.17) is 5.11 Å². The molecule has 0 radical (unpaired) electrons. The Morgan fingerprint density at radius 1 is 1.32 bits per heavy atom. The molecule has 3 heteroatoms. The first-order valence-corrected chi connectivity index (χ1v) is 7.23. The first kappa shape index (κ1) is 14.1. The number of rotatable bonds is 5. The summed E-state index contributed by atoms with van der Waals surface area (Å²) in [5, 5.41) is 12.7. The molecule has 1 unspecified atom stereocenters. The lowest BCUT2D eigenvalue weighted by atomic mass is 9.84. The lowest BCUT2D eigenvalue weighted by Crippen LogP contribution is -2.34. The maximum Gasteiger partial charge on any atom is 0.336 e. The predicted octanol–water partition coefficient (Wildman–Crippen LogP) is 3.44. The summed E-state index contributed by atoms with van der Waals surface area (Å²) in [5.74, 6) is -0.103. The van der Waals surface area contributed by atoms with Crippen LogP contribution < -0.4 is 5.32 Å². The molecule has 0 aliphatic heterocycles. The summed E-state index contributed by atoms with van der Waals surface area (Å²) in [7, 11) is 0. The predicted molar refractivity (Wildman–Crippen MR) is 76.3 cm³/mol. The van der Waals surface area contributed by atoms with Crippen molar-refractivity contribution in [2.24, 2.45) is 5.92 Å². The fraction of sp³-hybridized carbons (Fsp3) is 0.562. The number of aromatic carboxylic acids is 1. The van der Waals surface area contributed by atoms with E-state index >= 15 is 0 Å². The molecule has 0 aromatic heterocycles. The van der Waals surface area contributed by atoms with Crippen LogP contribution in [0, 0.1) is 5.92 Å². The summed E-state index contributed by atoms with van der Waals surface area (Å²) >= 11 is 0. The Bertz CT molecular complexity index is 425. The second-order valence-corrected chi connectivity index (χ2v) is 5.53. The maximum absolute atomic E-state index is 11.1. The molecule has 1 aliphatic carbocycles. The van der Waals surface area contributed by atoms with E-state index in [9.17, 15) is 4.79 Å². The van der Waals surface area contributed by atoms with Crippen molar-refractivity contribution >= 4 is 5.97 Å². The van der Waals surface area contributed by atoms with Gasteiger partial charge in [-0.25, -0.2) is 4.79 Å². The van der Waals surface area contributed by atoms with Gasteiger partial charge in [-0.15, -0.1) is 0 Å². The van der Waals surface area contributed by atoms with Gasteiger partial charge in [0, 0.05) is 12.6 Å². The van der Waals surface area contributed by atoms with Crippen molar-refractivity contribution in [1.82, 2.24) is 5.32 Å². The quantitative estimate of drug-likeness (QED) is 0.853. The molecule has 0 amide bonds. The normalized spacial score (nSPS) is 18.2. The smallest absolute Gasteiger partial charge is 0.336 e. The molecule has 0 bridgehead atoms. The highest BCUT2D eigenvalue weighted by Gasteiger charge is 2.20. The Kier molecular flexibility index (Phi) is 4.97. The van der Waals surface area contributed by atoms with Crippen LogP contribution in [0.5, 0.6) is 0 Å². The summed E-state index contributed by atoms with van der Waals surface area (Å²) < 4.78 is 0. The van der Waals surface area contributed by atoms with Crippen LogP contribution in [-0.2, 0) is 6.54 Å². The molecule has 19 heavy (non-hydrogen) atoms. The van der Waals surface area contributed by atoms with E-state index in [2.05, 4.69) is 12.2 Å². The molecule has 0 saturated heterocycles. The van der Waals surface area contributed by atoms with Crippen molar-refractivity contribution in [2.45, 2.75) is 51.6 Å². The van der Waals surface area contributed by atoms with Crippen LogP contribution in [-0.4, -0.2) is 17.1 Å². The number of hydrogen-bond donors (Lipinski definition) is 2. The van der Waals surface area contributed by atoms with Crippen LogP contribution >= 0.6 is 0 Å². The maximum atomic E-state index is 11.1. The van der Waals surface area contributed by atoms with Gasteiger partial charge in [-0.1, -0.05) is 37.5 Å². The Morgan fingerprint density at radius 2 is 2.00 bits per heavy atom. The Morgan fingerprint density at radius 3 is 2.68 bits per heavy atom. The van der Waals surface area contributed by atoms with Crippen molar-refractivity contribution < 1.29 is 9.90 Å². The molecule has 3 nitrogen and oxygen atoms in total. The van der Waals surface area contributed by atoms with Crippen molar-refractivity contribution in [1.29, 1.82) is 0 Å². The largest absolute Gasteiger partial charge is 0.478 e. The summed E-state index contributed by atoms with van der Waals surface area (Å²) in [5.41, 5.74) is 1.28. The van der Waals surface area contributed by atoms with Crippen molar-refractivity contribution in [3.05, 3.63) is 35.4 Å². The molecular weight excluding hydrogens is 238 g/mol.